The Hall–Kier alpha value is -2.58. The van der Waals surface area contributed by atoms with Gasteiger partial charge in [0.1, 0.15) is 0 Å². The predicted molar refractivity (Wildman–Crippen MR) is 94.8 cm³/mol. The Balaban J connectivity index is 1.83. The van der Waals surface area contributed by atoms with Crippen LogP contribution in [0.5, 0.6) is 0 Å². The number of hydrogen-bond acceptors (Lipinski definition) is 3. The predicted octanol–water partition coefficient (Wildman–Crippen LogP) is 4.33. The molecule has 0 amide bonds. The van der Waals surface area contributed by atoms with Crippen molar-refractivity contribution < 1.29 is 0 Å². The molecule has 114 valence electrons. The summed E-state index contributed by atoms with van der Waals surface area (Å²) >= 11 is 3.50. The molecule has 1 heterocycles. The maximum absolute atomic E-state index is 8.92. The molecule has 0 radical (unpaired) electrons. The van der Waals surface area contributed by atoms with Gasteiger partial charge in [-0.3, -0.25) is 4.68 Å². The van der Waals surface area contributed by atoms with Crippen LogP contribution in [-0.4, -0.2) is 9.78 Å². The lowest BCUT2D eigenvalue weighted by Crippen LogP contribution is -2.00. The van der Waals surface area contributed by atoms with Gasteiger partial charge in [-0.2, -0.15) is 10.4 Å². The molecule has 23 heavy (non-hydrogen) atoms. The Morgan fingerprint density at radius 2 is 2.00 bits per heavy atom. The van der Waals surface area contributed by atoms with Gasteiger partial charge in [0.15, 0.2) is 0 Å². The maximum atomic E-state index is 8.92. The van der Waals surface area contributed by atoms with Crippen LogP contribution in [0.1, 0.15) is 11.1 Å². The fourth-order valence-corrected chi connectivity index (χ4v) is 2.94. The van der Waals surface area contributed by atoms with E-state index >= 15 is 0 Å². The molecule has 1 aromatic heterocycles. The summed E-state index contributed by atoms with van der Waals surface area (Å²) in [5.41, 5.74) is 4.78. The molecule has 0 bridgehead atoms. The van der Waals surface area contributed by atoms with Crippen LogP contribution in [0, 0.1) is 11.3 Å². The van der Waals surface area contributed by atoms with Crippen LogP contribution >= 0.6 is 15.9 Å². The average molecular weight is 367 g/mol. The molecule has 2 aromatic carbocycles. The van der Waals surface area contributed by atoms with Gasteiger partial charge in [-0.1, -0.05) is 30.3 Å². The lowest BCUT2D eigenvalue weighted by Gasteiger charge is -2.09. The van der Waals surface area contributed by atoms with E-state index in [2.05, 4.69) is 44.5 Å². The summed E-state index contributed by atoms with van der Waals surface area (Å²) in [6, 6.07) is 17.8. The van der Waals surface area contributed by atoms with Crippen molar-refractivity contribution in [2.24, 2.45) is 7.05 Å². The number of hydrogen-bond donors (Lipinski definition) is 1. The first-order valence-electron chi connectivity index (χ1n) is 7.19. The van der Waals surface area contributed by atoms with Gasteiger partial charge in [-0.05, 0) is 34.1 Å². The second-order valence-corrected chi connectivity index (χ2v) is 6.06. The van der Waals surface area contributed by atoms with Gasteiger partial charge in [0.05, 0.1) is 17.3 Å². The molecule has 1 N–H and O–H groups in total. The van der Waals surface area contributed by atoms with Crippen molar-refractivity contribution in [1.82, 2.24) is 9.78 Å². The van der Waals surface area contributed by atoms with Crippen molar-refractivity contribution >= 4 is 21.6 Å². The summed E-state index contributed by atoms with van der Waals surface area (Å²) in [6.07, 6.45) is 2.02. The number of nitrogens with one attached hydrogen (secondary N) is 1. The van der Waals surface area contributed by atoms with E-state index in [0.717, 1.165) is 27.0 Å². The summed E-state index contributed by atoms with van der Waals surface area (Å²) in [5, 5.41) is 16.9. The molecule has 0 unspecified atom stereocenters. The SMILES string of the molecule is Cn1cc(CNc2ccc(C#N)cc2Br)c(-c2ccccc2)n1. The third-order valence-electron chi connectivity index (χ3n) is 3.52. The van der Waals surface area contributed by atoms with E-state index in [4.69, 9.17) is 5.26 Å². The Morgan fingerprint density at radius 3 is 2.70 bits per heavy atom. The highest BCUT2D eigenvalue weighted by molar-refractivity contribution is 9.10. The molecular formula is C18H15BrN4. The highest BCUT2D eigenvalue weighted by Crippen LogP contribution is 2.26. The number of anilines is 1. The monoisotopic (exact) mass is 366 g/mol. The third kappa shape index (κ3) is 3.43. The van der Waals surface area contributed by atoms with Crippen LogP contribution in [0.25, 0.3) is 11.3 Å². The van der Waals surface area contributed by atoms with Gasteiger partial charge >= 0.3 is 0 Å². The quantitative estimate of drug-likeness (QED) is 0.747. The summed E-state index contributed by atoms with van der Waals surface area (Å²) < 4.78 is 2.70. The summed E-state index contributed by atoms with van der Waals surface area (Å²) in [6.45, 7) is 0.655. The molecule has 4 nitrogen and oxygen atoms in total. The number of nitrogens with zero attached hydrogens (tertiary/aromatic N) is 3. The number of rotatable bonds is 4. The van der Waals surface area contributed by atoms with E-state index in [9.17, 15) is 0 Å². The number of aromatic nitrogens is 2. The molecule has 0 saturated carbocycles. The molecule has 3 rings (SSSR count). The van der Waals surface area contributed by atoms with E-state index in [1.54, 1.807) is 6.07 Å². The molecule has 0 fully saturated rings. The molecule has 0 spiro atoms. The molecular weight excluding hydrogens is 352 g/mol. The minimum atomic E-state index is 0.633. The van der Waals surface area contributed by atoms with Crippen LogP contribution in [0.4, 0.5) is 5.69 Å². The number of benzene rings is 2. The minimum absolute atomic E-state index is 0.633. The Morgan fingerprint density at radius 1 is 1.22 bits per heavy atom. The normalized spacial score (nSPS) is 10.3. The van der Waals surface area contributed by atoms with Crippen molar-refractivity contribution in [3.8, 4) is 17.3 Å². The van der Waals surface area contributed by atoms with Crippen molar-refractivity contribution in [2.45, 2.75) is 6.54 Å². The maximum Gasteiger partial charge on any atom is 0.0992 e. The molecule has 0 atom stereocenters. The van der Waals surface area contributed by atoms with Gasteiger partial charge in [-0.15, -0.1) is 0 Å². The second kappa shape index (κ2) is 6.67. The van der Waals surface area contributed by atoms with Gasteiger partial charge in [0.2, 0.25) is 0 Å². The Labute approximate surface area is 143 Å². The summed E-state index contributed by atoms with van der Waals surface area (Å²) in [5.74, 6) is 0. The largest absolute Gasteiger partial charge is 0.380 e. The molecule has 5 heteroatoms. The fraction of sp³-hybridized carbons (Fsp3) is 0.111. The van der Waals surface area contributed by atoms with E-state index in [0.29, 0.717) is 12.1 Å². The van der Waals surface area contributed by atoms with Crippen molar-refractivity contribution in [1.29, 1.82) is 5.26 Å². The van der Waals surface area contributed by atoms with Gasteiger partial charge in [-0.25, -0.2) is 0 Å². The lowest BCUT2D eigenvalue weighted by molar-refractivity contribution is 0.770. The first-order valence-corrected chi connectivity index (χ1v) is 7.98. The van der Waals surface area contributed by atoms with E-state index in [-0.39, 0.29) is 0 Å². The Kier molecular flexibility index (Phi) is 4.45. The smallest absolute Gasteiger partial charge is 0.0992 e. The van der Waals surface area contributed by atoms with Gasteiger partial charge in [0, 0.05) is 41.1 Å². The number of halogens is 1. The van der Waals surface area contributed by atoms with Crippen LogP contribution < -0.4 is 5.32 Å². The Bertz CT molecular complexity index is 862. The zero-order valence-corrected chi connectivity index (χ0v) is 14.2. The zero-order chi connectivity index (χ0) is 16.2. The van der Waals surface area contributed by atoms with Crippen LogP contribution in [-0.2, 0) is 13.6 Å². The second-order valence-electron chi connectivity index (χ2n) is 5.20. The van der Waals surface area contributed by atoms with E-state index < -0.39 is 0 Å². The number of aryl methyl sites for hydroxylation is 1. The third-order valence-corrected chi connectivity index (χ3v) is 4.18. The molecule has 0 saturated heterocycles. The van der Waals surface area contributed by atoms with Crippen molar-refractivity contribution in [3.05, 3.63) is 70.3 Å². The average Bonchev–Trinajstić information content (AvgIpc) is 2.95. The summed E-state index contributed by atoms with van der Waals surface area (Å²) in [7, 11) is 1.92. The molecule has 3 aromatic rings. The molecule has 0 aliphatic carbocycles. The topological polar surface area (TPSA) is 53.6 Å². The molecule has 0 aliphatic rings. The van der Waals surface area contributed by atoms with E-state index in [1.165, 1.54) is 0 Å². The zero-order valence-electron chi connectivity index (χ0n) is 12.6. The standard InChI is InChI=1S/C18H15BrN4/c1-23-12-15(18(22-23)14-5-3-2-4-6-14)11-21-17-8-7-13(10-20)9-16(17)19/h2-9,12,21H,11H2,1H3. The van der Waals surface area contributed by atoms with Crippen LogP contribution in [0.3, 0.4) is 0 Å². The van der Waals surface area contributed by atoms with Gasteiger partial charge < -0.3 is 5.32 Å². The summed E-state index contributed by atoms with van der Waals surface area (Å²) in [4.78, 5) is 0. The first-order chi connectivity index (χ1) is 11.2. The molecule has 0 aliphatic heterocycles. The van der Waals surface area contributed by atoms with E-state index in [1.807, 2.05) is 48.3 Å². The van der Waals surface area contributed by atoms with Crippen LogP contribution in [0.2, 0.25) is 0 Å². The lowest BCUT2D eigenvalue weighted by atomic mass is 10.1. The fourth-order valence-electron chi connectivity index (χ4n) is 2.42. The van der Waals surface area contributed by atoms with Crippen LogP contribution in [0.15, 0.2) is 59.2 Å². The highest BCUT2D eigenvalue weighted by atomic mass is 79.9. The highest BCUT2D eigenvalue weighted by Gasteiger charge is 2.10. The number of nitriles is 1. The van der Waals surface area contributed by atoms with Gasteiger partial charge in [0.25, 0.3) is 0 Å². The first kappa shape index (κ1) is 15.3. The van der Waals surface area contributed by atoms with Crippen molar-refractivity contribution in [2.75, 3.05) is 5.32 Å². The minimum Gasteiger partial charge on any atom is -0.380 e. The van der Waals surface area contributed by atoms with Crippen molar-refractivity contribution in [3.63, 3.8) is 0 Å².